The van der Waals surface area contributed by atoms with Gasteiger partial charge in [-0.05, 0) is 44.7 Å². The van der Waals surface area contributed by atoms with Crippen LogP contribution in [-0.4, -0.2) is 67.4 Å². The van der Waals surface area contributed by atoms with E-state index in [0.29, 0.717) is 16.3 Å². The first-order valence-corrected chi connectivity index (χ1v) is 11.3. The van der Waals surface area contributed by atoms with Crippen LogP contribution in [0.3, 0.4) is 0 Å². The normalized spacial score (nSPS) is 21.3. The van der Waals surface area contributed by atoms with Crippen molar-refractivity contribution in [2.75, 3.05) is 50.0 Å². The number of rotatable bonds is 5. The van der Waals surface area contributed by atoms with E-state index < -0.39 is 23.4 Å². The molecule has 2 aliphatic heterocycles. The van der Waals surface area contributed by atoms with E-state index in [4.69, 9.17) is 11.6 Å². The number of urea groups is 1. The summed E-state index contributed by atoms with van der Waals surface area (Å²) >= 11 is 6.19. The second-order valence-electron chi connectivity index (χ2n) is 8.81. The highest BCUT2D eigenvalue weighted by Crippen LogP contribution is 2.31. The smallest absolute Gasteiger partial charge is 0.325 e. The molecule has 0 spiro atoms. The van der Waals surface area contributed by atoms with Crippen LogP contribution >= 0.6 is 11.6 Å². The minimum absolute atomic E-state index is 0.388. The molecule has 174 valence electrons. The lowest BCUT2D eigenvalue weighted by atomic mass is 9.91. The first-order valence-electron chi connectivity index (χ1n) is 10.9. The summed E-state index contributed by atoms with van der Waals surface area (Å²) in [5.41, 5.74) is 1.93. The molecule has 2 aliphatic rings. The van der Waals surface area contributed by atoms with Crippen LogP contribution in [-0.2, 0) is 15.1 Å². The molecule has 0 bridgehead atoms. The molecule has 2 N–H and O–H groups in total. The lowest BCUT2D eigenvalue weighted by molar-refractivity contribution is -0.133. The van der Waals surface area contributed by atoms with Gasteiger partial charge in [-0.1, -0.05) is 41.4 Å². The van der Waals surface area contributed by atoms with E-state index in [-0.39, 0.29) is 6.54 Å². The van der Waals surface area contributed by atoms with Gasteiger partial charge in [0.05, 0.1) is 11.4 Å². The Kier molecular flexibility index (Phi) is 6.32. The molecular formula is C24H28ClN5O3. The predicted molar refractivity (Wildman–Crippen MR) is 129 cm³/mol. The monoisotopic (exact) mass is 469 g/mol. The number of aryl methyl sites for hydroxylation is 1. The molecule has 2 saturated heterocycles. The van der Waals surface area contributed by atoms with Gasteiger partial charge in [-0.2, -0.15) is 0 Å². The van der Waals surface area contributed by atoms with Gasteiger partial charge < -0.3 is 20.4 Å². The van der Waals surface area contributed by atoms with Crippen molar-refractivity contribution in [2.45, 2.75) is 19.4 Å². The lowest BCUT2D eigenvalue weighted by Gasteiger charge is -2.35. The highest BCUT2D eigenvalue weighted by molar-refractivity contribution is 6.31. The van der Waals surface area contributed by atoms with Gasteiger partial charge in [-0.25, -0.2) is 4.79 Å². The molecule has 2 aromatic rings. The van der Waals surface area contributed by atoms with Crippen molar-refractivity contribution in [3.05, 3.63) is 58.6 Å². The largest absolute Gasteiger partial charge is 0.367 e. The molecule has 33 heavy (non-hydrogen) atoms. The van der Waals surface area contributed by atoms with E-state index in [9.17, 15) is 14.4 Å². The zero-order valence-electron chi connectivity index (χ0n) is 19.0. The van der Waals surface area contributed by atoms with Gasteiger partial charge >= 0.3 is 6.03 Å². The molecule has 0 aromatic heterocycles. The van der Waals surface area contributed by atoms with Crippen molar-refractivity contribution in [3.63, 3.8) is 0 Å². The van der Waals surface area contributed by atoms with Crippen molar-refractivity contribution >= 4 is 40.8 Å². The van der Waals surface area contributed by atoms with Crippen LogP contribution in [0.2, 0.25) is 5.02 Å². The maximum Gasteiger partial charge on any atom is 0.325 e. The number of nitrogens with zero attached hydrogens (tertiary/aromatic N) is 3. The molecule has 2 aromatic carbocycles. The minimum atomic E-state index is -1.22. The number of carbonyl (C=O) groups excluding carboxylic acids is 3. The number of halogens is 1. The molecule has 2 fully saturated rings. The van der Waals surface area contributed by atoms with Gasteiger partial charge in [0, 0.05) is 31.2 Å². The molecule has 4 amide bonds. The predicted octanol–water partition coefficient (Wildman–Crippen LogP) is 2.81. The fourth-order valence-electron chi connectivity index (χ4n) is 4.19. The number of anilines is 2. The highest BCUT2D eigenvalue weighted by Gasteiger charge is 2.49. The standard InChI is InChI=1S/C24H28ClN5O3/c1-16-4-6-17(7-5-16)24(2)22(32)30(23(33)27-24)15-21(31)26-19-14-18(25)8-9-20(19)29-12-10-28(3)11-13-29/h4-9,14H,10-13,15H2,1-3H3,(H,26,31)(H,27,33)/t24-/m1/s1. The summed E-state index contributed by atoms with van der Waals surface area (Å²) in [7, 11) is 2.07. The first kappa shape index (κ1) is 23.1. The summed E-state index contributed by atoms with van der Waals surface area (Å²) in [6.07, 6.45) is 0. The number of carbonyl (C=O) groups is 3. The van der Waals surface area contributed by atoms with Gasteiger partial charge in [0.15, 0.2) is 0 Å². The van der Waals surface area contributed by atoms with E-state index in [0.717, 1.165) is 42.3 Å². The Balaban J connectivity index is 1.49. The molecule has 8 nitrogen and oxygen atoms in total. The Labute approximate surface area is 198 Å². The summed E-state index contributed by atoms with van der Waals surface area (Å²) in [6.45, 7) is 6.68. The fourth-order valence-corrected chi connectivity index (χ4v) is 4.36. The molecule has 0 unspecified atom stereocenters. The third kappa shape index (κ3) is 4.67. The topological polar surface area (TPSA) is 85.0 Å². The number of imide groups is 1. The molecule has 9 heteroatoms. The maximum atomic E-state index is 13.1. The average molecular weight is 470 g/mol. The van der Waals surface area contributed by atoms with Crippen molar-refractivity contribution in [2.24, 2.45) is 0 Å². The number of nitrogens with one attached hydrogen (secondary N) is 2. The van der Waals surface area contributed by atoms with Crippen LogP contribution in [0, 0.1) is 6.92 Å². The Morgan fingerprint density at radius 2 is 1.76 bits per heavy atom. The minimum Gasteiger partial charge on any atom is -0.367 e. The Hall–Kier alpha value is -3.10. The quantitative estimate of drug-likeness (QED) is 0.658. The van der Waals surface area contributed by atoms with Crippen LogP contribution in [0.15, 0.2) is 42.5 Å². The molecule has 4 rings (SSSR count). The second kappa shape index (κ2) is 9.03. The van der Waals surface area contributed by atoms with Crippen LogP contribution in [0.4, 0.5) is 16.2 Å². The third-order valence-electron chi connectivity index (χ3n) is 6.28. The van der Waals surface area contributed by atoms with Gasteiger partial charge in [-0.15, -0.1) is 0 Å². The number of hydrogen-bond acceptors (Lipinski definition) is 5. The summed E-state index contributed by atoms with van der Waals surface area (Å²) in [4.78, 5) is 44.0. The number of amides is 4. The van der Waals surface area contributed by atoms with Crippen molar-refractivity contribution in [1.82, 2.24) is 15.1 Å². The Morgan fingerprint density at radius 1 is 1.09 bits per heavy atom. The third-order valence-corrected chi connectivity index (χ3v) is 6.52. The van der Waals surface area contributed by atoms with Gasteiger partial charge in [0.25, 0.3) is 5.91 Å². The zero-order chi connectivity index (χ0) is 23.8. The lowest BCUT2D eigenvalue weighted by Crippen LogP contribution is -2.45. The van der Waals surface area contributed by atoms with E-state index in [2.05, 4.69) is 27.5 Å². The number of piperazine rings is 1. The van der Waals surface area contributed by atoms with Crippen molar-refractivity contribution in [1.29, 1.82) is 0 Å². The van der Waals surface area contributed by atoms with Crippen LogP contribution < -0.4 is 15.5 Å². The van der Waals surface area contributed by atoms with Gasteiger partial charge in [0.1, 0.15) is 12.1 Å². The van der Waals surface area contributed by atoms with Crippen LogP contribution in [0.1, 0.15) is 18.1 Å². The molecular weight excluding hydrogens is 442 g/mol. The number of hydrogen-bond donors (Lipinski definition) is 2. The molecule has 0 aliphatic carbocycles. The van der Waals surface area contributed by atoms with Gasteiger partial charge in [-0.3, -0.25) is 14.5 Å². The zero-order valence-corrected chi connectivity index (χ0v) is 19.8. The Morgan fingerprint density at radius 3 is 2.42 bits per heavy atom. The number of likely N-dealkylation sites (N-methyl/N-ethyl adjacent to an activating group) is 1. The molecule has 0 saturated carbocycles. The van der Waals surface area contributed by atoms with Crippen LogP contribution in [0.25, 0.3) is 0 Å². The highest BCUT2D eigenvalue weighted by atomic mass is 35.5. The maximum absolute atomic E-state index is 13.1. The summed E-state index contributed by atoms with van der Waals surface area (Å²) in [5.74, 6) is -0.929. The van der Waals surface area contributed by atoms with E-state index in [1.54, 1.807) is 19.1 Å². The molecule has 0 radical (unpaired) electrons. The van der Waals surface area contributed by atoms with Crippen molar-refractivity contribution < 1.29 is 14.4 Å². The SMILES string of the molecule is Cc1ccc([C@@]2(C)NC(=O)N(CC(=O)Nc3cc(Cl)ccc3N3CCN(C)CC3)C2=O)cc1. The summed E-state index contributed by atoms with van der Waals surface area (Å²) in [5, 5.41) is 6.08. The van der Waals surface area contributed by atoms with Crippen molar-refractivity contribution in [3.8, 4) is 0 Å². The van der Waals surface area contributed by atoms with E-state index in [1.165, 1.54) is 0 Å². The average Bonchev–Trinajstić information content (AvgIpc) is 2.99. The first-order chi connectivity index (χ1) is 15.7. The summed E-state index contributed by atoms with van der Waals surface area (Å²) in [6, 6.07) is 12.2. The molecule has 1 atom stereocenters. The van der Waals surface area contributed by atoms with Gasteiger partial charge in [0.2, 0.25) is 5.91 Å². The summed E-state index contributed by atoms with van der Waals surface area (Å²) < 4.78 is 0. The fraction of sp³-hybridized carbons (Fsp3) is 0.375. The second-order valence-corrected chi connectivity index (χ2v) is 9.25. The van der Waals surface area contributed by atoms with E-state index in [1.807, 2.05) is 37.3 Å². The Bertz CT molecular complexity index is 1080. The molecule has 2 heterocycles. The van der Waals surface area contributed by atoms with E-state index >= 15 is 0 Å². The van der Waals surface area contributed by atoms with Crippen LogP contribution in [0.5, 0.6) is 0 Å². The number of benzene rings is 2.